The maximum absolute atomic E-state index is 6.22. The van der Waals surface area contributed by atoms with E-state index in [0.29, 0.717) is 12.2 Å². The fourth-order valence-electron chi connectivity index (χ4n) is 5.12. The summed E-state index contributed by atoms with van der Waals surface area (Å²) in [6.45, 7) is 16.7. The Bertz CT molecular complexity index is 373. The topological polar surface area (TPSA) is 15.7 Å². The van der Waals surface area contributed by atoms with E-state index in [1.165, 1.54) is 90.4 Å². The van der Waals surface area contributed by atoms with Crippen molar-refractivity contribution in [3.05, 3.63) is 0 Å². The molecule has 0 aromatic carbocycles. The highest BCUT2D eigenvalue weighted by atomic mass is 16.5. The third kappa shape index (κ3) is 8.03. The molecule has 0 radical (unpaired) electrons. The monoisotopic (exact) mass is 380 g/mol. The van der Waals surface area contributed by atoms with Gasteiger partial charge in [0.15, 0.2) is 0 Å². The largest absolute Gasteiger partial charge is 0.375 e. The van der Waals surface area contributed by atoms with Crippen molar-refractivity contribution in [1.82, 2.24) is 9.80 Å². The number of nitrogens with zero attached hydrogens (tertiary/aromatic N) is 2. The van der Waals surface area contributed by atoms with Gasteiger partial charge in [-0.3, -0.25) is 9.80 Å². The summed E-state index contributed by atoms with van der Waals surface area (Å²) in [6, 6.07) is 1.52. The second-order valence-corrected chi connectivity index (χ2v) is 9.49. The Hall–Kier alpha value is -0.120. The molecule has 2 unspecified atom stereocenters. The van der Waals surface area contributed by atoms with Crippen LogP contribution in [0.15, 0.2) is 0 Å². The van der Waals surface area contributed by atoms with Crippen molar-refractivity contribution >= 4 is 0 Å². The fraction of sp³-hybridized carbons (Fsp3) is 1.00. The number of rotatable bonds is 11. The van der Waals surface area contributed by atoms with E-state index in [9.17, 15) is 0 Å². The van der Waals surface area contributed by atoms with Crippen molar-refractivity contribution in [2.24, 2.45) is 5.92 Å². The lowest BCUT2D eigenvalue weighted by Gasteiger charge is -2.40. The zero-order valence-corrected chi connectivity index (χ0v) is 19.1. The van der Waals surface area contributed by atoms with E-state index in [2.05, 4.69) is 44.4 Å². The molecular weight excluding hydrogens is 332 g/mol. The van der Waals surface area contributed by atoms with E-state index < -0.39 is 0 Å². The molecule has 0 amide bonds. The van der Waals surface area contributed by atoms with Gasteiger partial charge in [0.1, 0.15) is 0 Å². The van der Waals surface area contributed by atoms with Crippen molar-refractivity contribution in [2.45, 2.75) is 123 Å². The highest BCUT2D eigenvalue weighted by molar-refractivity contribution is 4.80. The Labute approximate surface area is 170 Å². The van der Waals surface area contributed by atoms with Gasteiger partial charge in [0.25, 0.3) is 0 Å². The van der Waals surface area contributed by atoms with Crippen LogP contribution in [0.3, 0.4) is 0 Å². The normalized spacial score (nSPS) is 28.8. The third-order valence-corrected chi connectivity index (χ3v) is 7.33. The first kappa shape index (κ1) is 23.2. The first-order chi connectivity index (χ1) is 13.0. The highest BCUT2D eigenvalue weighted by Crippen LogP contribution is 2.31. The molecule has 0 aromatic rings. The predicted octanol–water partition coefficient (Wildman–Crippen LogP) is 5.73. The molecule has 2 aliphatic rings. The second-order valence-electron chi connectivity index (χ2n) is 9.49. The smallest absolute Gasteiger partial charge is 0.0579 e. The molecule has 0 aromatic heterocycles. The minimum absolute atomic E-state index is 0.457. The van der Waals surface area contributed by atoms with E-state index in [0.717, 1.165) is 18.0 Å². The van der Waals surface area contributed by atoms with Gasteiger partial charge in [-0.1, -0.05) is 33.1 Å². The summed E-state index contributed by atoms with van der Waals surface area (Å²) in [5.74, 6) is 0.959. The maximum Gasteiger partial charge on any atom is 0.0579 e. The van der Waals surface area contributed by atoms with Gasteiger partial charge in [0, 0.05) is 38.3 Å². The first-order valence-electron chi connectivity index (χ1n) is 12.2. The number of ether oxygens (including phenoxy) is 1. The minimum Gasteiger partial charge on any atom is -0.375 e. The van der Waals surface area contributed by atoms with Gasteiger partial charge in [0.2, 0.25) is 0 Å². The number of piperazine rings is 1. The van der Waals surface area contributed by atoms with Crippen molar-refractivity contribution in [2.75, 3.05) is 26.2 Å². The van der Waals surface area contributed by atoms with Gasteiger partial charge < -0.3 is 4.74 Å². The van der Waals surface area contributed by atoms with E-state index in [1.54, 1.807) is 0 Å². The summed E-state index contributed by atoms with van der Waals surface area (Å²) >= 11 is 0. The van der Waals surface area contributed by atoms with E-state index in [4.69, 9.17) is 4.74 Å². The first-order valence-corrected chi connectivity index (χ1v) is 12.2. The fourth-order valence-corrected chi connectivity index (χ4v) is 5.12. The van der Waals surface area contributed by atoms with Crippen LogP contribution in [-0.4, -0.2) is 60.3 Å². The highest BCUT2D eigenvalue weighted by Gasteiger charge is 2.25. The molecule has 0 N–H and O–H groups in total. The average Bonchev–Trinajstić information content (AvgIpc) is 2.69. The van der Waals surface area contributed by atoms with E-state index in [1.807, 2.05) is 0 Å². The number of hydrogen-bond donors (Lipinski definition) is 0. The van der Waals surface area contributed by atoms with E-state index >= 15 is 0 Å². The van der Waals surface area contributed by atoms with Crippen molar-refractivity contribution in [3.8, 4) is 0 Å². The van der Waals surface area contributed by atoms with Gasteiger partial charge in [-0.05, 0) is 71.6 Å². The molecule has 2 rings (SSSR count). The summed E-state index contributed by atoms with van der Waals surface area (Å²) in [7, 11) is 0. The molecule has 3 heteroatoms. The van der Waals surface area contributed by atoms with Crippen LogP contribution in [0.1, 0.15) is 98.8 Å². The Balaban J connectivity index is 1.55. The zero-order valence-electron chi connectivity index (χ0n) is 19.1. The molecular formula is C24H48N2O. The van der Waals surface area contributed by atoms with Crippen LogP contribution < -0.4 is 0 Å². The molecule has 160 valence electrons. The molecule has 27 heavy (non-hydrogen) atoms. The molecule has 0 bridgehead atoms. The van der Waals surface area contributed by atoms with E-state index in [-0.39, 0.29) is 0 Å². The standard InChI is InChI=1S/C24H48N2O/c1-6-9-22(5)27-24-14-12-23(13-15-24)11-8-10-21(4)26-18-16-25(17-19-26)20(3)7-2/h20-24H,6-19H2,1-5H3/t20?,21-,22?,23?,24?/m1/s1. The minimum atomic E-state index is 0.457. The van der Waals surface area contributed by atoms with Crippen molar-refractivity contribution in [3.63, 3.8) is 0 Å². The molecule has 1 aliphatic carbocycles. The zero-order chi connectivity index (χ0) is 19.6. The molecule has 1 heterocycles. The summed E-state index contributed by atoms with van der Waals surface area (Å²) in [6.07, 6.45) is 14.3. The lowest BCUT2D eigenvalue weighted by atomic mass is 9.84. The van der Waals surface area contributed by atoms with Crippen LogP contribution in [0.25, 0.3) is 0 Å². The van der Waals surface area contributed by atoms with Crippen LogP contribution in [-0.2, 0) is 4.74 Å². The molecule has 3 nitrogen and oxygen atoms in total. The predicted molar refractivity (Wildman–Crippen MR) is 117 cm³/mol. The Kier molecular flexibility index (Phi) is 10.7. The van der Waals surface area contributed by atoms with Gasteiger partial charge in [-0.15, -0.1) is 0 Å². The number of hydrogen-bond acceptors (Lipinski definition) is 3. The summed E-state index contributed by atoms with van der Waals surface area (Å²) in [4.78, 5) is 5.41. The van der Waals surface area contributed by atoms with Gasteiger partial charge in [0.05, 0.1) is 12.2 Å². The van der Waals surface area contributed by atoms with Gasteiger partial charge >= 0.3 is 0 Å². The molecule has 2 fully saturated rings. The van der Waals surface area contributed by atoms with Crippen LogP contribution in [0.2, 0.25) is 0 Å². The Morgan fingerprint density at radius 2 is 1.41 bits per heavy atom. The molecule has 1 saturated carbocycles. The second kappa shape index (κ2) is 12.4. The SMILES string of the molecule is CCCC(C)OC1CCC(CCC[C@@H](C)N2CCN(C(C)CC)CC2)CC1. The summed E-state index contributed by atoms with van der Waals surface area (Å²) in [5.41, 5.74) is 0. The molecule has 1 aliphatic heterocycles. The lowest BCUT2D eigenvalue weighted by molar-refractivity contribution is -0.0321. The molecule has 1 saturated heterocycles. The van der Waals surface area contributed by atoms with Gasteiger partial charge in [-0.25, -0.2) is 0 Å². The van der Waals surface area contributed by atoms with Crippen molar-refractivity contribution in [1.29, 1.82) is 0 Å². The van der Waals surface area contributed by atoms with Crippen LogP contribution in [0.4, 0.5) is 0 Å². The Morgan fingerprint density at radius 1 is 0.815 bits per heavy atom. The van der Waals surface area contributed by atoms with Crippen molar-refractivity contribution < 1.29 is 4.74 Å². The molecule has 0 spiro atoms. The molecule has 3 atom stereocenters. The maximum atomic E-state index is 6.22. The van der Waals surface area contributed by atoms with Crippen LogP contribution in [0, 0.1) is 5.92 Å². The van der Waals surface area contributed by atoms with Crippen LogP contribution >= 0.6 is 0 Å². The summed E-state index contributed by atoms with van der Waals surface area (Å²) < 4.78 is 6.22. The third-order valence-electron chi connectivity index (χ3n) is 7.33. The average molecular weight is 381 g/mol. The quantitative estimate of drug-likeness (QED) is 0.455. The lowest BCUT2D eigenvalue weighted by Crippen LogP contribution is -2.51. The van der Waals surface area contributed by atoms with Crippen LogP contribution in [0.5, 0.6) is 0 Å². The summed E-state index contributed by atoms with van der Waals surface area (Å²) in [5, 5.41) is 0. The Morgan fingerprint density at radius 3 is 1.96 bits per heavy atom. The van der Waals surface area contributed by atoms with Gasteiger partial charge in [-0.2, -0.15) is 0 Å².